The molecule has 0 saturated carbocycles. The molecular weight excluding hydrogens is 322 g/mol. The Hall–Kier alpha value is -3.28. The minimum Gasteiger partial charge on any atom is -0.497 e. The summed E-state index contributed by atoms with van der Waals surface area (Å²) < 4.78 is 15.7. The van der Waals surface area contributed by atoms with Crippen LogP contribution in [0.1, 0.15) is 10.4 Å². The van der Waals surface area contributed by atoms with Crippen molar-refractivity contribution in [3.63, 3.8) is 0 Å². The van der Waals surface area contributed by atoms with Gasteiger partial charge in [0.05, 0.1) is 38.1 Å². The summed E-state index contributed by atoms with van der Waals surface area (Å²) in [5.74, 6) is 0.696. The summed E-state index contributed by atoms with van der Waals surface area (Å²) in [5.41, 5.74) is 2.01. The monoisotopic (exact) mass is 339 g/mol. The standard InChI is InChI=1S/C19H17NO5/c1-23-12-5-6-15-13(9-12)14(19(21)22)10-16(20-15)11-4-7-17(24-2)18(8-11)25-3/h4-10H,1-3H3,(H,21,22). The molecule has 1 N–H and O–H groups in total. The van der Waals surface area contributed by atoms with E-state index in [0.717, 1.165) is 5.56 Å². The Labute approximate surface area is 144 Å². The first-order valence-corrected chi connectivity index (χ1v) is 7.52. The SMILES string of the molecule is COc1ccc2nc(-c3ccc(OC)c(OC)c3)cc(C(=O)O)c2c1. The highest BCUT2D eigenvalue weighted by molar-refractivity contribution is 6.04. The second kappa shape index (κ2) is 6.68. The van der Waals surface area contributed by atoms with Gasteiger partial charge in [0.2, 0.25) is 0 Å². The van der Waals surface area contributed by atoms with Gasteiger partial charge in [0.15, 0.2) is 11.5 Å². The molecule has 25 heavy (non-hydrogen) atoms. The van der Waals surface area contributed by atoms with Crippen molar-refractivity contribution in [1.82, 2.24) is 4.98 Å². The maximum Gasteiger partial charge on any atom is 0.336 e. The van der Waals surface area contributed by atoms with Crippen LogP contribution in [-0.4, -0.2) is 37.4 Å². The quantitative estimate of drug-likeness (QED) is 0.765. The Balaban J connectivity index is 2.22. The topological polar surface area (TPSA) is 77.9 Å². The van der Waals surface area contributed by atoms with Gasteiger partial charge in [-0.2, -0.15) is 0 Å². The minimum absolute atomic E-state index is 0.161. The summed E-state index contributed by atoms with van der Waals surface area (Å²) in [7, 11) is 4.64. The first kappa shape index (κ1) is 16.6. The van der Waals surface area contributed by atoms with E-state index in [1.807, 2.05) is 6.07 Å². The Morgan fingerprint density at radius 3 is 2.32 bits per heavy atom. The van der Waals surface area contributed by atoms with E-state index in [-0.39, 0.29) is 5.56 Å². The first-order chi connectivity index (χ1) is 12.1. The highest BCUT2D eigenvalue weighted by Gasteiger charge is 2.15. The molecule has 128 valence electrons. The van der Waals surface area contributed by atoms with Crippen LogP contribution >= 0.6 is 0 Å². The molecular formula is C19H17NO5. The van der Waals surface area contributed by atoms with E-state index in [1.54, 1.807) is 50.6 Å². The third-order valence-corrected chi connectivity index (χ3v) is 3.93. The van der Waals surface area contributed by atoms with Crippen molar-refractivity contribution in [2.45, 2.75) is 0 Å². The van der Waals surface area contributed by atoms with Gasteiger partial charge in [0, 0.05) is 10.9 Å². The van der Waals surface area contributed by atoms with Crippen LogP contribution in [0.3, 0.4) is 0 Å². The normalized spacial score (nSPS) is 10.5. The van der Waals surface area contributed by atoms with Gasteiger partial charge in [0.1, 0.15) is 5.75 Å². The molecule has 6 nitrogen and oxygen atoms in total. The predicted molar refractivity (Wildman–Crippen MR) is 93.8 cm³/mol. The van der Waals surface area contributed by atoms with Crippen LogP contribution in [0.15, 0.2) is 42.5 Å². The molecule has 0 atom stereocenters. The Morgan fingerprint density at radius 1 is 0.920 bits per heavy atom. The number of aromatic nitrogens is 1. The fraction of sp³-hybridized carbons (Fsp3) is 0.158. The van der Waals surface area contributed by atoms with Crippen LogP contribution in [0, 0.1) is 0 Å². The number of carbonyl (C=O) groups is 1. The third kappa shape index (κ3) is 3.06. The number of rotatable bonds is 5. The molecule has 6 heteroatoms. The molecule has 0 bridgehead atoms. The average molecular weight is 339 g/mol. The van der Waals surface area contributed by atoms with Gasteiger partial charge in [-0.3, -0.25) is 0 Å². The Bertz CT molecular complexity index is 952. The van der Waals surface area contributed by atoms with E-state index in [4.69, 9.17) is 14.2 Å². The summed E-state index contributed by atoms with van der Waals surface area (Å²) >= 11 is 0. The van der Waals surface area contributed by atoms with Crippen molar-refractivity contribution >= 4 is 16.9 Å². The van der Waals surface area contributed by atoms with E-state index in [2.05, 4.69) is 4.98 Å². The molecule has 0 saturated heterocycles. The van der Waals surface area contributed by atoms with Gasteiger partial charge in [0.25, 0.3) is 0 Å². The summed E-state index contributed by atoms with van der Waals surface area (Å²) in [5, 5.41) is 10.1. The van der Waals surface area contributed by atoms with Crippen LogP contribution in [0.2, 0.25) is 0 Å². The predicted octanol–water partition coefficient (Wildman–Crippen LogP) is 3.63. The zero-order valence-electron chi connectivity index (χ0n) is 14.1. The lowest BCUT2D eigenvalue weighted by Gasteiger charge is -2.11. The lowest BCUT2D eigenvalue weighted by atomic mass is 10.0. The largest absolute Gasteiger partial charge is 0.497 e. The first-order valence-electron chi connectivity index (χ1n) is 7.52. The average Bonchev–Trinajstić information content (AvgIpc) is 2.65. The molecule has 0 fully saturated rings. The Morgan fingerprint density at radius 2 is 1.68 bits per heavy atom. The van der Waals surface area contributed by atoms with E-state index in [0.29, 0.717) is 33.8 Å². The second-order valence-corrected chi connectivity index (χ2v) is 5.31. The number of hydrogen-bond donors (Lipinski definition) is 1. The van der Waals surface area contributed by atoms with E-state index < -0.39 is 5.97 Å². The van der Waals surface area contributed by atoms with Gasteiger partial charge < -0.3 is 19.3 Å². The Kier molecular flexibility index (Phi) is 4.43. The molecule has 0 amide bonds. The molecule has 0 aliphatic rings. The number of ether oxygens (including phenoxy) is 3. The van der Waals surface area contributed by atoms with E-state index in [9.17, 15) is 9.90 Å². The van der Waals surface area contributed by atoms with Crippen molar-refractivity contribution in [3.8, 4) is 28.5 Å². The number of methoxy groups -OCH3 is 3. The lowest BCUT2D eigenvalue weighted by Crippen LogP contribution is -2.01. The molecule has 0 radical (unpaired) electrons. The molecule has 0 unspecified atom stereocenters. The van der Waals surface area contributed by atoms with Crippen molar-refractivity contribution in [1.29, 1.82) is 0 Å². The van der Waals surface area contributed by atoms with Crippen LogP contribution in [-0.2, 0) is 0 Å². The number of pyridine rings is 1. The van der Waals surface area contributed by atoms with Crippen LogP contribution in [0.25, 0.3) is 22.2 Å². The van der Waals surface area contributed by atoms with Crippen molar-refractivity contribution < 1.29 is 24.1 Å². The number of benzene rings is 2. The van der Waals surface area contributed by atoms with Gasteiger partial charge in [-0.1, -0.05) is 0 Å². The van der Waals surface area contributed by atoms with Crippen LogP contribution in [0.5, 0.6) is 17.2 Å². The number of aromatic carboxylic acids is 1. The van der Waals surface area contributed by atoms with Crippen LogP contribution < -0.4 is 14.2 Å². The molecule has 1 heterocycles. The maximum absolute atomic E-state index is 11.7. The lowest BCUT2D eigenvalue weighted by molar-refractivity contribution is 0.0699. The van der Waals surface area contributed by atoms with Gasteiger partial charge in [-0.15, -0.1) is 0 Å². The molecule has 1 aromatic heterocycles. The van der Waals surface area contributed by atoms with E-state index in [1.165, 1.54) is 7.11 Å². The zero-order valence-corrected chi connectivity index (χ0v) is 14.1. The number of fused-ring (bicyclic) bond motifs is 1. The second-order valence-electron chi connectivity index (χ2n) is 5.31. The molecule has 3 aromatic rings. The minimum atomic E-state index is -1.03. The molecule has 0 aliphatic heterocycles. The number of hydrogen-bond acceptors (Lipinski definition) is 5. The third-order valence-electron chi connectivity index (χ3n) is 3.93. The van der Waals surface area contributed by atoms with Gasteiger partial charge >= 0.3 is 5.97 Å². The molecule has 0 aliphatic carbocycles. The molecule has 3 rings (SSSR count). The number of carboxylic acid groups (broad SMARTS) is 1. The van der Waals surface area contributed by atoms with Gasteiger partial charge in [-0.05, 0) is 42.5 Å². The van der Waals surface area contributed by atoms with Crippen molar-refractivity contribution in [2.24, 2.45) is 0 Å². The summed E-state index contributed by atoms with van der Waals surface area (Å²) in [6.45, 7) is 0. The van der Waals surface area contributed by atoms with Crippen LogP contribution in [0.4, 0.5) is 0 Å². The maximum atomic E-state index is 11.7. The highest BCUT2D eigenvalue weighted by atomic mass is 16.5. The fourth-order valence-electron chi connectivity index (χ4n) is 2.65. The van der Waals surface area contributed by atoms with Gasteiger partial charge in [-0.25, -0.2) is 9.78 Å². The molecule has 0 spiro atoms. The smallest absolute Gasteiger partial charge is 0.336 e. The van der Waals surface area contributed by atoms with Crippen molar-refractivity contribution in [3.05, 3.63) is 48.0 Å². The summed E-state index contributed by atoms with van der Waals surface area (Å²) in [6.07, 6.45) is 0. The highest BCUT2D eigenvalue weighted by Crippen LogP contribution is 2.33. The van der Waals surface area contributed by atoms with Crippen molar-refractivity contribution in [2.75, 3.05) is 21.3 Å². The molecule has 2 aromatic carbocycles. The number of nitrogens with zero attached hydrogens (tertiary/aromatic N) is 1. The summed E-state index contributed by atoms with van der Waals surface area (Å²) in [6, 6.07) is 12.0. The summed E-state index contributed by atoms with van der Waals surface area (Å²) in [4.78, 5) is 16.3. The zero-order chi connectivity index (χ0) is 18.0. The number of carboxylic acids is 1. The fourth-order valence-corrected chi connectivity index (χ4v) is 2.65. The van der Waals surface area contributed by atoms with E-state index >= 15 is 0 Å².